The minimum absolute atomic E-state index is 0.277. The van der Waals surface area contributed by atoms with Crippen molar-refractivity contribution in [3.63, 3.8) is 0 Å². The van der Waals surface area contributed by atoms with Crippen molar-refractivity contribution in [2.45, 2.75) is 51.6 Å². The van der Waals surface area contributed by atoms with E-state index in [0.29, 0.717) is 12.2 Å². The number of methoxy groups -OCH3 is 1. The van der Waals surface area contributed by atoms with E-state index in [9.17, 15) is 5.11 Å². The van der Waals surface area contributed by atoms with Crippen LogP contribution in [0.4, 0.5) is 0 Å². The summed E-state index contributed by atoms with van der Waals surface area (Å²) in [4.78, 5) is 0. The number of unbranched alkanes of at least 4 members (excludes halogenated alkanes) is 2. The number of aliphatic hydroxyl groups is 1. The first kappa shape index (κ1) is 24.6. The molecule has 1 atom stereocenters. The lowest BCUT2D eigenvalue weighted by Crippen LogP contribution is -2.17. The van der Waals surface area contributed by atoms with E-state index in [2.05, 4.69) is 67.6 Å². The van der Waals surface area contributed by atoms with Gasteiger partial charge in [0.25, 0.3) is 0 Å². The highest BCUT2D eigenvalue weighted by atomic mass is 16.5. The van der Waals surface area contributed by atoms with Crippen molar-refractivity contribution in [3.05, 3.63) is 102 Å². The Morgan fingerprint density at radius 1 is 0.848 bits per heavy atom. The van der Waals surface area contributed by atoms with Crippen LogP contribution in [0.1, 0.15) is 43.7 Å². The van der Waals surface area contributed by atoms with Crippen molar-refractivity contribution in [3.8, 4) is 16.9 Å². The Morgan fingerprint density at radius 3 is 2.18 bits per heavy atom. The van der Waals surface area contributed by atoms with Crippen LogP contribution in [0.25, 0.3) is 11.1 Å². The zero-order valence-corrected chi connectivity index (χ0v) is 19.9. The third-order valence-corrected chi connectivity index (χ3v) is 5.79. The Morgan fingerprint density at radius 2 is 1.52 bits per heavy atom. The highest BCUT2D eigenvalue weighted by molar-refractivity contribution is 5.63. The summed E-state index contributed by atoms with van der Waals surface area (Å²) in [6, 6.07) is 27.3. The van der Waals surface area contributed by atoms with Crippen LogP contribution in [0.5, 0.6) is 5.75 Å². The number of hydrogen-bond acceptors (Lipinski definition) is 3. The van der Waals surface area contributed by atoms with Gasteiger partial charge in [-0.1, -0.05) is 80.1 Å². The van der Waals surface area contributed by atoms with Gasteiger partial charge in [0, 0.05) is 13.5 Å². The summed E-state index contributed by atoms with van der Waals surface area (Å²) in [5, 5.41) is 10.2. The molecule has 3 aromatic carbocycles. The summed E-state index contributed by atoms with van der Waals surface area (Å²) in [6.45, 7) is 2.82. The fraction of sp³-hybridized carbons (Fsp3) is 0.333. The lowest BCUT2D eigenvalue weighted by atomic mass is 10.0. The summed E-state index contributed by atoms with van der Waals surface area (Å²) in [5.74, 6) is 1.25. The van der Waals surface area contributed by atoms with Crippen LogP contribution in [0.2, 0.25) is 0 Å². The number of ether oxygens (including phenoxy) is 2. The normalized spacial score (nSPS) is 12.5. The SMILES string of the molecule is CCC/C=C(/O)C(Cc1ccc(CCCCOc2ccc(-c3ccccc3)cc2)cc1)OC. The van der Waals surface area contributed by atoms with Gasteiger partial charge in [-0.2, -0.15) is 0 Å². The number of aryl methyl sites for hydroxylation is 1. The van der Waals surface area contributed by atoms with Gasteiger partial charge in [0.05, 0.1) is 6.61 Å². The van der Waals surface area contributed by atoms with Gasteiger partial charge in [0.15, 0.2) is 0 Å². The van der Waals surface area contributed by atoms with Crippen molar-refractivity contribution in [2.24, 2.45) is 0 Å². The molecule has 0 spiro atoms. The number of aliphatic hydroxyl groups excluding tert-OH is 1. The predicted molar refractivity (Wildman–Crippen MR) is 137 cm³/mol. The molecule has 33 heavy (non-hydrogen) atoms. The molecular weight excluding hydrogens is 408 g/mol. The standard InChI is InChI=1S/C30H36O3/c1-3-4-13-29(31)30(32-2)23-25-16-14-24(15-17-25)10-8-9-22-33-28-20-18-27(19-21-28)26-11-6-5-7-12-26/h5-7,11-21,30-31H,3-4,8-10,22-23H2,1-2H3/b29-13+. The molecule has 3 rings (SSSR count). The zero-order chi connectivity index (χ0) is 23.3. The molecule has 1 unspecified atom stereocenters. The largest absolute Gasteiger partial charge is 0.510 e. The fourth-order valence-electron chi connectivity index (χ4n) is 3.78. The van der Waals surface area contributed by atoms with Crippen LogP contribution in [0.3, 0.4) is 0 Å². The molecule has 0 aliphatic carbocycles. The minimum atomic E-state index is -0.277. The highest BCUT2D eigenvalue weighted by Gasteiger charge is 2.13. The Bertz CT molecular complexity index is 960. The molecule has 3 heteroatoms. The molecule has 0 saturated heterocycles. The molecule has 174 valence electrons. The molecule has 0 saturated carbocycles. The Labute approximate surface area is 198 Å². The summed E-state index contributed by atoms with van der Waals surface area (Å²) >= 11 is 0. The van der Waals surface area contributed by atoms with Crippen molar-refractivity contribution >= 4 is 0 Å². The summed E-state index contributed by atoms with van der Waals surface area (Å²) in [6.07, 6.45) is 7.29. The molecule has 0 aromatic heterocycles. The lowest BCUT2D eigenvalue weighted by molar-refractivity contribution is 0.0930. The average Bonchev–Trinajstić information content (AvgIpc) is 2.87. The number of rotatable bonds is 13. The maximum absolute atomic E-state index is 10.2. The van der Waals surface area contributed by atoms with Gasteiger partial charge in [-0.3, -0.25) is 0 Å². The Kier molecular flexibility index (Phi) is 10.1. The Balaban J connectivity index is 1.38. The predicted octanol–water partition coefficient (Wildman–Crippen LogP) is 7.55. The van der Waals surface area contributed by atoms with Gasteiger partial charge in [-0.15, -0.1) is 0 Å². The van der Waals surface area contributed by atoms with Gasteiger partial charge < -0.3 is 14.6 Å². The molecule has 0 aliphatic heterocycles. The van der Waals surface area contributed by atoms with Crippen LogP contribution in [0, 0.1) is 0 Å². The van der Waals surface area contributed by atoms with Gasteiger partial charge in [-0.05, 0) is 66.1 Å². The van der Waals surface area contributed by atoms with Crippen LogP contribution in [-0.4, -0.2) is 24.9 Å². The third kappa shape index (κ3) is 8.11. The number of hydrogen-bond donors (Lipinski definition) is 1. The second kappa shape index (κ2) is 13.5. The van der Waals surface area contributed by atoms with E-state index in [4.69, 9.17) is 9.47 Å². The first-order valence-corrected chi connectivity index (χ1v) is 12.0. The minimum Gasteiger partial charge on any atom is -0.510 e. The molecule has 3 aromatic rings. The topological polar surface area (TPSA) is 38.7 Å². The fourth-order valence-corrected chi connectivity index (χ4v) is 3.78. The molecule has 0 amide bonds. The van der Waals surface area contributed by atoms with E-state index in [1.807, 2.05) is 24.3 Å². The maximum Gasteiger partial charge on any atom is 0.119 e. The summed E-state index contributed by atoms with van der Waals surface area (Å²) in [5.41, 5.74) is 4.92. The maximum atomic E-state index is 10.2. The van der Waals surface area contributed by atoms with Crippen LogP contribution in [-0.2, 0) is 17.6 Å². The van der Waals surface area contributed by atoms with Crippen molar-refractivity contribution in [2.75, 3.05) is 13.7 Å². The van der Waals surface area contributed by atoms with Gasteiger partial charge in [0.1, 0.15) is 17.6 Å². The summed E-state index contributed by atoms with van der Waals surface area (Å²) in [7, 11) is 1.65. The van der Waals surface area contributed by atoms with Gasteiger partial charge in [0.2, 0.25) is 0 Å². The molecule has 0 aliphatic rings. The highest BCUT2D eigenvalue weighted by Crippen LogP contribution is 2.22. The van der Waals surface area contributed by atoms with Crippen molar-refractivity contribution in [1.29, 1.82) is 0 Å². The average molecular weight is 445 g/mol. The molecule has 0 bridgehead atoms. The quantitative estimate of drug-likeness (QED) is 0.218. The van der Waals surface area contributed by atoms with E-state index in [1.165, 1.54) is 22.3 Å². The van der Waals surface area contributed by atoms with Gasteiger partial charge >= 0.3 is 0 Å². The molecule has 3 nitrogen and oxygen atoms in total. The van der Waals surface area contributed by atoms with Crippen molar-refractivity contribution in [1.82, 2.24) is 0 Å². The first-order chi connectivity index (χ1) is 16.2. The van der Waals surface area contributed by atoms with E-state index in [0.717, 1.165) is 44.5 Å². The lowest BCUT2D eigenvalue weighted by Gasteiger charge is -2.15. The van der Waals surface area contributed by atoms with E-state index < -0.39 is 0 Å². The summed E-state index contributed by atoms with van der Waals surface area (Å²) < 4.78 is 11.4. The molecule has 1 N–H and O–H groups in total. The molecule has 0 heterocycles. The van der Waals surface area contributed by atoms with Gasteiger partial charge in [-0.25, -0.2) is 0 Å². The van der Waals surface area contributed by atoms with E-state index >= 15 is 0 Å². The number of benzene rings is 3. The van der Waals surface area contributed by atoms with Crippen LogP contribution >= 0.6 is 0 Å². The monoisotopic (exact) mass is 444 g/mol. The van der Waals surface area contributed by atoms with E-state index in [-0.39, 0.29) is 6.10 Å². The second-order valence-electron chi connectivity index (χ2n) is 8.36. The molecule has 0 radical (unpaired) electrons. The zero-order valence-electron chi connectivity index (χ0n) is 19.9. The van der Waals surface area contributed by atoms with E-state index in [1.54, 1.807) is 7.11 Å². The third-order valence-electron chi connectivity index (χ3n) is 5.79. The first-order valence-electron chi connectivity index (χ1n) is 12.0. The number of allylic oxidation sites excluding steroid dienone is 1. The van der Waals surface area contributed by atoms with Crippen LogP contribution < -0.4 is 4.74 Å². The molecular formula is C30H36O3. The van der Waals surface area contributed by atoms with Crippen LogP contribution in [0.15, 0.2) is 90.7 Å². The smallest absolute Gasteiger partial charge is 0.119 e. The second-order valence-corrected chi connectivity index (χ2v) is 8.36. The van der Waals surface area contributed by atoms with Crippen molar-refractivity contribution < 1.29 is 14.6 Å². The Hall–Kier alpha value is -3.04. The molecule has 0 fully saturated rings.